The van der Waals surface area contributed by atoms with Crippen LogP contribution in [-0.4, -0.2) is 23.9 Å². The highest BCUT2D eigenvalue weighted by Crippen LogP contribution is 1.81. The molecule has 0 unspecified atom stereocenters. The first kappa shape index (κ1) is 5.61. The fourth-order valence-electron chi connectivity index (χ4n) is 0.334. The third kappa shape index (κ3) is 0.987. The van der Waals surface area contributed by atoms with E-state index in [2.05, 4.69) is 4.99 Å². The predicted molar refractivity (Wildman–Crippen MR) is 26.0 cm³/mol. The topological polar surface area (TPSA) is 75.6 Å². The van der Waals surface area contributed by atoms with E-state index in [-0.39, 0.29) is 0 Å². The van der Waals surface area contributed by atoms with Gasteiger partial charge in [-0.15, -0.1) is 0 Å². The number of carbonyl (C=O) groups excluding carboxylic acids is 3. The van der Waals surface area contributed by atoms with E-state index in [9.17, 15) is 14.4 Å². The van der Waals surface area contributed by atoms with Gasteiger partial charge in [-0.3, -0.25) is 14.9 Å². The zero-order valence-corrected chi connectivity index (χ0v) is 4.17. The first-order valence-electron chi connectivity index (χ1n) is 2.06. The first-order valence-corrected chi connectivity index (χ1v) is 2.06. The number of nitrogens with zero attached hydrogens (tertiary/aromatic N) is 1. The van der Waals surface area contributed by atoms with Crippen LogP contribution in [0.1, 0.15) is 0 Å². The SMILES string of the molecule is O=C1N=[C]C(=O)C(=O)N1. The normalized spacial score (nSPS) is 18.0. The average molecular weight is 125 g/mol. The number of nitrogens with one attached hydrogen (secondary N) is 1. The molecular formula is C4HN2O3. The van der Waals surface area contributed by atoms with Crippen LogP contribution >= 0.6 is 0 Å². The minimum Gasteiger partial charge on any atom is -0.281 e. The molecule has 5 heteroatoms. The second-order valence-corrected chi connectivity index (χ2v) is 1.31. The van der Waals surface area contributed by atoms with Crippen molar-refractivity contribution in [3.05, 3.63) is 0 Å². The molecular weight excluding hydrogens is 124 g/mol. The van der Waals surface area contributed by atoms with Gasteiger partial charge in [-0.05, 0) is 0 Å². The Labute approximate surface area is 49.8 Å². The van der Waals surface area contributed by atoms with Crippen molar-refractivity contribution in [3.8, 4) is 0 Å². The van der Waals surface area contributed by atoms with Gasteiger partial charge in [0, 0.05) is 0 Å². The van der Waals surface area contributed by atoms with Crippen molar-refractivity contribution in [1.29, 1.82) is 0 Å². The minimum absolute atomic E-state index is 0.848. The summed E-state index contributed by atoms with van der Waals surface area (Å²) in [6.07, 6.45) is 1.71. The molecule has 1 aliphatic rings. The molecule has 0 fully saturated rings. The quantitative estimate of drug-likeness (QED) is 0.411. The Morgan fingerprint density at radius 2 is 2.00 bits per heavy atom. The lowest BCUT2D eigenvalue weighted by atomic mass is 10.4. The number of urea groups is 1. The van der Waals surface area contributed by atoms with Gasteiger partial charge in [0.25, 0.3) is 5.78 Å². The molecule has 1 N–H and O–H groups in total. The highest BCUT2D eigenvalue weighted by molar-refractivity contribution is 6.61. The zero-order chi connectivity index (χ0) is 6.85. The summed E-state index contributed by atoms with van der Waals surface area (Å²) < 4.78 is 0. The molecule has 0 atom stereocenters. The lowest BCUT2D eigenvalue weighted by Gasteiger charge is -1.98. The van der Waals surface area contributed by atoms with Gasteiger partial charge in [0.05, 0.1) is 0 Å². The van der Waals surface area contributed by atoms with Crippen molar-refractivity contribution in [2.24, 2.45) is 4.99 Å². The lowest BCUT2D eigenvalue weighted by molar-refractivity contribution is -0.133. The van der Waals surface area contributed by atoms with E-state index in [1.165, 1.54) is 0 Å². The molecule has 5 nitrogen and oxygen atoms in total. The van der Waals surface area contributed by atoms with Gasteiger partial charge in [0.1, 0.15) is 0 Å². The van der Waals surface area contributed by atoms with Crippen LogP contribution < -0.4 is 5.32 Å². The van der Waals surface area contributed by atoms with Crippen molar-refractivity contribution < 1.29 is 14.4 Å². The van der Waals surface area contributed by atoms with Crippen molar-refractivity contribution in [1.82, 2.24) is 5.32 Å². The highest BCUT2D eigenvalue weighted by Gasteiger charge is 2.19. The number of ketones is 1. The van der Waals surface area contributed by atoms with E-state index in [0.717, 1.165) is 0 Å². The molecule has 0 aromatic heterocycles. The number of imide groups is 1. The van der Waals surface area contributed by atoms with Crippen molar-refractivity contribution >= 4 is 23.9 Å². The van der Waals surface area contributed by atoms with Gasteiger partial charge < -0.3 is 0 Å². The van der Waals surface area contributed by atoms with Crippen LogP contribution in [0.3, 0.4) is 0 Å². The third-order valence-electron chi connectivity index (χ3n) is 0.686. The first-order chi connectivity index (χ1) is 4.20. The maximum Gasteiger partial charge on any atom is 0.348 e. The van der Waals surface area contributed by atoms with Crippen LogP contribution in [0.4, 0.5) is 4.79 Å². The van der Waals surface area contributed by atoms with Gasteiger partial charge >= 0.3 is 11.9 Å². The maximum atomic E-state index is 10.2. The molecule has 0 aliphatic carbocycles. The highest BCUT2D eigenvalue weighted by atomic mass is 16.2. The molecule has 0 bridgehead atoms. The fraction of sp³-hybridized carbons (Fsp3) is 0. The third-order valence-corrected chi connectivity index (χ3v) is 0.686. The largest absolute Gasteiger partial charge is 0.348 e. The van der Waals surface area contributed by atoms with E-state index in [1.54, 1.807) is 11.5 Å². The summed E-state index contributed by atoms with van der Waals surface area (Å²) in [4.78, 5) is 33.4. The van der Waals surface area contributed by atoms with Crippen molar-refractivity contribution in [2.45, 2.75) is 0 Å². The Hall–Kier alpha value is -1.52. The Bertz CT molecular complexity index is 218. The average Bonchev–Trinajstić information content (AvgIpc) is 1.80. The second kappa shape index (κ2) is 1.77. The van der Waals surface area contributed by atoms with E-state index >= 15 is 0 Å². The summed E-state index contributed by atoms with van der Waals surface area (Å²) in [5.74, 6) is -1.90. The van der Waals surface area contributed by atoms with E-state index < -0.39 is 17.7 Å². The smallest absolute Gasteiger partial charge is 0.281 e. The summed E-state index contributed by atoms with van der Waals surface area (Å²) in [6.45, 7) is 0. The molecule has 0 aromatic carbocycles. The number of hydrogen-bond acceptors (Lipinski definition) is 3. The summed E-state index contributed by atoms with van der Waals surface area (Å²) in [5.41, 5.74) is 0. The molecule has 1 aliphatic heterocycles. The molecule has 9 heavy (non-hydrogen) atoms. The standard InChI is InChI=1S/C4HN2O3/c7-2-1-5-4(9)6-3(2)8/h(H,6,8,9). The molecule has 0 saturated heterocycles. The van der Waals surface area contributed by atoms with Crippen LogP contribution in [0.2, 0.25) is 0 Å². The minimum atomic E-state index is -0.977. The van der Waals surface area contributed by atoms with Gasteiger partial charge in [-0.25, -0.2) is 4.79 Å². The fourth-order valence-corrected chi connectivity index (χ4v) is 0.334. The van der Waals surface area contributed by atoms with E-state index in [1.807, 2.05) is 0 Å². The summed E-state index contributed by atoms with van der Waals surface area (Å²) in [6, 6.07) is -0.848. The lowest BCUT2D eigenvalue weighted by Crippen LogP contribution is -2.38. The van der Waals surface area contributed by atoms with Crippen LogP contribution in [0.5, 0.6) is 0 Å². The van der Waals surface area contributed by atoms with Crippen LogP contribution in [0, 0.1) is 0 Å². The van der Waals surface area contributed by atoms with Crippen LogP contribution in [-0.2, 0) is 9.59 Å². The number of Topliss-reactive ketones (excluding diaryl/α,β-unsaturated/α-hetero) is 1. The van der Waals surface area contributed by atoms with Crippen LogP contribution in [0.25, 0.3) is 0 Å². The van der Waals surface area contributed by atoms with Crippen LogP contribution in [0.15, 0.2) is 4.99 Å². The molecule has 0 saturated carbocycles. The second-order valence-electron chi connectivity index (χ2n) is 1.31. The van der Waals surface area contributed by atoms with E-state index in [0.29, 0.717) is 0 Å². The molecule has 3 amide bonds. The molecule has 0 aromatic rings. The predicted octanol–water partition coefficient (Wildman–Crippen LogP) is -1.25. The Morgan fingerprint density at radius 3 is 2.44 bits per heavy atom. The summed E-state index contributed by atoms with van der Waals surface area (Å²) in [7, 11) is 0. The summed E-state index contributed by atoms with van der Waals surface area (Å²) >= 11 is 0. The molecule has 0 spiro atoms. The van der Waals surface area contributed by atoms with Gasteiger partial charge in [-0.2, -0.15) is 4.99 Å². The number of carbonyl (C=O) groups is 3. The Kier molecular flexibility index (Phi) is 1.11. The van der Waals surface area contributed by atoms with Crippen molar-refractivity contribution in [2.75, 3.05) is 0 Å². The molecule has 1 radical (unpaired) electrons. The van der Waals surface area contributed by atoms with Crippen molar-refractivity contribution in [3.63, 3.8) is 0 Å². The maximum absolute atomic E-state index is 10.2. The Balaban J connectivity index is 2.89. The Morgan fingerprint density at radius 1 is 1.33 bits per heavy atom. The monoisotopic (exact) mass is 125 g/mol. The number of amides is 3. The van der Waals surface area contributed by atoms with Gasteiger partial charge in [0.15, 0.2) is 6.21 Å². The summed E-state index contributed by atoms with van der Waals surface area (Å²) in [5, 5.41) is 1.67. The molecule has 1 heterocycles. The van der Waals surface area contributed by atoms with E-state index in [4.69, 9.17) is 0 Å². The zero-order valence-electron chi connectivity index (χ0n) is 4.17. The van der Waals surface area contributed by atoms with Gasteiger partial charge in [-0.1, -0.05) is 0 Å². The van der Waals surface area contributed by atoms with Gasteiger partial charge in [0.2, 0.25) is 0 Å². The molecule has 45 valence electrons. The number of aliphatic imine (C=N–C) groups is 1. The molecule has 1 rings (SSSR count). The number of rotatable bonds is 0. The number of hydrogen-bond donors (Lipinski definition) is 1.